The Morgan fingerprint density at radius 3 is 2.78 bits per heavy atom. The van der Waals surface area contributed by atoms with Crippen molar-refractivity contribution in [3.05, 3.63) is 39.9 Å². The molecule has 0 unspecified atom stereocenters. The maximum atomic E-state index is 11.1. The summed E-state index contributed by atoms with van der Waals surface area (Å²) in [5.41, 5.74) is 0.791. The summed E-state index contributed by atoms with van der Waals surface area (Å²) in [6.07, 6.45) is 0.307. The summed E-state index contributed by atoms with van der Waals surface area (Å²) in [5, 5.41) is 10.9. The Morgan fingerprint density at radius 1 is 1.50 bits per heavy atom. The number of ether oxygens (including phenoxy) is 1. The van der Waals surface area contributed by atoms with Crippen molar-refractivity contribution < 1.29 is 14.5 Å². The molecule has 6 heteroatoms. The monoisotopic (exact) mass is 269 g/mol. The Labute approximate surface area is 110 Å². The number of nitro groups is 1. The van der Waals surface area contributed by atoms with Crippen LogP contribution in [0.1, 0.15) is 18.9 Å². The molecule has 0 saturated heterocycles. The van der Waals surface area contributed by atoms with Gasteiger partial charge in [0.1, 0.15) is 0 Å². The number of esters is 1. The summed E-state index contributed by atoms with van der Waals surface area (Å²) in [7, 11) is 1.35. The molecule has 1 rings (SSSR count). The number of hydrogen-bond acceptors (Lipinski definition) is 5. The molecular formula is C12H15NO4S. The second-order valence-corrected chi connectivity index (χ2v) is 5.21. The van der Waals surface area contributed by atoms with Gasteiger partial charge in [0.15, 0.2) is 0 Å². The van der Waals surface area contributed by atoms with E-state index in [1.807, 2.05) is 6.92 Å². The number of carbonyl (C=O) groups excluding carboxylic acids is 1. The highest BCUT2D eigenvalue weighted by Gasteiger charge is 2.15. The summed E-state index contributed by atoms with van der Waals surface area (Å²) in [6.45, 7) is 1.90. The van der Waals surface area contributed by atoms with Crippen LogP contribution in [0.2, 0.25) is 0 Å². The molecule has 18 heavy (non-hydrogen) atoms. The fraction of sp³-hybridized carbons (Fsp3) is 0.417. The molecule has 0 heterocycles. The maximum absolute atomic E-state index is 11.1. The van der Waals surface area contributed by atoms with E-state index >= 15 is 0 Å². The molecule has 1 atom stereocenters. The number of methoxy groups -OCH3 is 1. The molecule has 0 aromatic heterocycles. The van der Waals surface area contributed by atoms with E-state index in [1.165, 1.54) is 24.9 Å². The van der Waals surface area contributed by atoms with Crippen LogP contribution in [0.3, 0.4) is 0 Å². The topological polar surface area (TPSA) is 69.4 Å². The van der Waals surface area contributed by atoms with Gasteiger partial charge in [-0.1, -0.05) is 25.1 Å². The van der Waals surface area contributed by atoms with E-state index in [1.54, 1.807) is 18.2 Å². The van der Waals surface area contributed by atoms with Gasteiger partial charge in [0, 0.05) is 22.6 Å². The fourth-order valence-electron chi connectivity index (χ4n) is 1.42. The van der Waals surface area contributed by atoms with Crippen LogP contribution in [0.15, 0.2) is 24.3 Å². The first kappa shape index (κ1) is 14.5. The molecule has 0 amide bonds. The third kappa shape index (κ3) is 4.37. The smallest absolute Gasteiger partial charge is 0.306 e. The Hall–Kier alpha value is -1.56. The predicted octanol–water partition coefficient (Wildman–Crippen LogP) is 2.78. The lowest BCUT2D eigenvalue weighted by atomic mass is 10.2. The number of nitrogens with zero attached hydrogens (tertiary/aromatic N) is 1. The average molecular weight is 269 g/mol. The van der Waals surface area contributed by atoms with E-state index in [-0.39, 0.29) is 21.8 Å². The van der Waals surface area contributed by atoms with Crippen LogP contribution in [-0.2, 0) is 15.3 Å². The summed E-state index contributed by atoms with van der Waals surface area (Å²) < 4.78 is 4.57. The molecule has 0 saturated carbocycles. The predicted molar refractivity (Wildman–Crippen MR) is 70.5 cm³/mol. The molecule has 0 spiro atoms. The van der Waals surface area contributed by atoms with Gasteiger partial charge in [-0.05, 0) is 0 Å². The molecule has 0 bridgehead atoms. The van der Waals surface area contributed by atoms with Gasteiger partial charge in [-0.15, -0.1) is 0 Å². The first-order chi connectivity index (χ1) is 8.54. The quantitative estimate of drug-likeness (QED) is 0.451. The van der Waals surface area contributed by atoms with Crippen molar-refractivity contribution in [3.8, 4) is 0 Å². The lowest BCUT2D eigenvalue weighted by Crippen LogP contribution is -2.08. The van der Waals surface area contributed by atoms with Gasteiger partial charge in [0.05, 0.1) is 18.5 Å². The summed E-state index contributed by atoms with van der Waals surface area (Å²) in [5.74, 6) is 0.243. The fourth-order valence-corrected chi connectivity index (χ4v) is 2.38. The van der Waals surface area contributed by atoms with Crippen molar-refractivity contribution in [1.29, 1.82) is 0 Å². The average Bonchev–Trinajstić information content (AvgIpc) is 2.36. The first-order valence-corrected chi connectivity index (χ1v) is 6.50. The zero-order valence-corrected chi connectivity index (χ0v) is 11.1. The number of hydrogen-bond donors (Lipinski definition) is 0. The zero-order chi connectivity index (χ0) is 13.5. The Bertz CT molecular complexity index is 436. The molecule has 1 aromatic rings. The van der Waals surface area contributed by atoms with E-state index in [4.69, 9.17) is 0 Å². The summed E-state index contributed by atoms with van der Waals surface area (Å²) >= 11 is 1.50. The van der Waals surface area contributed by atoms with Crippen LogP contribution in [0.5, 0.6) is 0 Å². The van der Waals surface area contributed by atoms with E-state index in [9.17, 15) is 14.9 Å². The van der Waals surface area contributed by atoms with Crippen LogP contribution >= 0.6 is 11.8 Å². The van der Waals surface area contributed by atoms with Crippen LogP contribution in [0.4, 0.5) is 5.69 Å². The highest BCUT2D eigenvalue weighted by atomic mass is 32.2. The molecule has 0 radical (unpaired) electrons. The number of nitro benzene ring substituents is 1. The lowest BCUT2D eigenvalue weighted by Gasteiger charge is -2.09. The molecule has 1 aromatic carbocycles. The third-order valence-electron chi connectivity index (χ3n) is 2.39. The largest absolute Gasteiger partial charge is 0.469 e. The van der Waals surface area contributed by atoms with Gasteiger partial charge in [-0.25, -0.2) is 0 Å². The van der Waals surface area contributed by atoms with Crippen molar-refractivity contribution >= 4 is 23.4 Å². The second kappa shape index (κ2) is 7.00. The highest BCUT2D eigenvalue weighted by Crippen LogP contribution is 2.26. The van der Waals surface area contributed by atoms with E-state index < -0.39 is 0 Å². The number of benzene rings is 1. The van der Waals surface area contributed by atoms with Crippen molar-refractivity contribution in [2.75, 3.05) is 7.11 Å². The summed E-state index contributed by atoms with van der Waals surface area (Å²) in [4.78, 5) is 21.5. The molecule has 0 aliphatic heterocycles. The Balaban J connectivity index is 2.58. The lowest BCUT2D eigenvalue weighted by molar-refractivity contribution is -0.385. The minimum atomic E-state index is -0.388. The highest BCUT2D eigenvalue weighted by molar-refractivity contribution is 7.99. The normalized spacial score (nSPS) is 11.9. The van der Waals surface area contributed by atoms with Gasteiger partial charge in [0.25, 0.3) is 5.69 Å². The van der Waals surface area contributed by atoms with Gasteiger partial charge >= 0.3 is 5.97 Å². The van der Waals surface area contributed by atoms with Gasteiger partial charge < -0.3 is 4.74 Å². The van der Waals surface area contributed by atoms with Crippen LogP contribution < -0.4 is 0 Å². The van der Waals surface area contributed by atoms with Crippen LogP contribution in [0, 0.1) is 10.1 Å². The van der Waals surface area contributed by atoms with Gasteiger partial charge in [0.2, 0.25) is 0 Å². The van der Waals surface area contributed by atoms with Gasteiger partial charge in [-0.3, -0.25) is 14.9 Å². The van der Waals surface area contributed by atoms with E-state index in [0.717, 1.165) is 0 Å². The third-order valence-corrected chi connectivity index (χ3v) is 3.61. The second-order valence-electron chi connectivity index (χ2n) is 3.79. The molecule has 5 nitrogen and oxygen atoms in total. The minimum absolute atomic E-state index is 0.0669. The van der Waals surface area contributed by atoms with Crippen molar-refractivity contribution in [3.63, 3.8) is 0 Å². The maximum Gasteiger partial charge on any atom is 0.306 e. The van der Waals surface area contributed by atoms with Crippen molar-refractivity contribution in [2.24, 2.45) is 0 Å². The van der Waals surface area contributed by atoms with Crippen molar-refractivity contribution in [1.82, 2.24) is 0 Å². The number of carbonyl (C=O) groups is 1. The van der Waals surface area contributed by atoms with Gasteiger partial charge in [-0.2, -0.15) is 11.8 Å². The van der Waals surface area contributed by atoms with E-state index in [0.29, 0.717) is 17.7 Å². The molecule has 0 N–H and O–H groups in total. The molecule has 98 valence electrons. The van der Waals surface area contributed by atoms with Crippen LogP contribution in [0.25, 0.3) is 0 Å². The molecule has 0 aliphatic rings. The van der Waals surface area contributed by atoms with Crippen LogP contribution in [-0.4, -0.2) is 23.3 Å². The molecule has 0 aliphatic carbocycles. The Morgan fingerprint density at radius 2 is 2.17 bits per heavy atom. The number of para-hydroxylation sites is 1. The first-order valence-electron chi connectivity index (χ1n) is 5.45. The SMILES string of the molecule is COC(=O)C[C@@H](C)SCc1ccccc1[N+](=O)[O-]. The van der Waals surface area contributed by atoms with E-state index in [2.05, 4.69) is 4.74 Å². The number of rotatable bonds is 6. The minimum Gasteiger partial charge on any atom is -0.469 e. The Kier molecular flexibility index (Phi) is 5.64. The molecular weight excluding hydrogens is 254 g/mol. The molecule has 0 fully saturated rings. The standard InChI is InChI=1S/C12H15NO4S/c1-9(7-12(14)17-2)18-8-10-5-3-4-6-11(10)13(15)16/h3-6,9H,7-8H2,1-2H3/t9-/m1/s1. The summed E-state index contributed by atoms with van der Waals surface area (Å²) in [6, 6.07) is 6.63. The zero-order valence-electron chi connectivity index (χ0n) is 10.3. The van der Waals surface area contributed by atoms with Crippen molar-refractivity contribution in [2.45, 2.75) is 24.3 Å². The number of thioether (sulfide) groups is 1.